The van der Waals surface area contributed by atoms with E-state index < -0.39 is 23.5 Å². The molecule has 1 nitrogen and oxygen atoms in total. The Labute approximate surface area is 128 Å². The molecule has 0 aromatic heterocycles. The van der Waals surface area contributed by atoms with Gasteiger partial charge >= 0.3 is 12.4 Å². The lowest BCUT2D eigenvalue weighted by Gasteiger charge is -2.14. The summed E-state index contributed by atoms with van der Waals surface area (Å²) in [5.41, 5.74) is -1.59. The van der Waals surface area contributed by atoms with Gasteiger partial charge in [0.2, 0.25) is 0 Å². The largest absolute Gasteiger partial charge is 0.416 e. The highest BCUT2D eigenvalue weighted by Gasteiger charge is 2.36. The van der Waals surface area contributed by atoms with Gasteiger partial charge in [-0.3, -0.25) is 0 Å². The van der Waals surface area contributed by atoms with E-state index >= 15 is 0 Å². The molecule has 2 rings (SSSR count). The maximum Gasteiger partial charge on any atom is 0.416 e. The fourth-order valence-corrected chi connectivity index (χ4v) is 2.14. The normalized spacial score (nSPS) is 12.5. The Bertz CT molecular complexity index is 638. The van der Waals surface area contributed by atoms with E-state index in [1.807, 2.05) is 0 Å². The van der Waals surface area contributed by atoms with Crippen LogP contribution in [0.2, 0.25) is 0 Å². The van der Waals surface area contributed by atoms with Crippen molar-refractivity contribution in [1.29, 1.82) is 0 Å². The van der Waals surface area contributed by atoms with E-state index in [0.29, 0.717) is 12.1 Å². The fraction of sp³-hybridized carbons (Fsp3) is 0.250. The van der Waals surface area contributed by atoms with Gasteiger partial charge in [0.05, 0.1) is 11.1 Å². The molecule has 0 atom stereocenters. The maximum atomic E-state index is 12.8. The van der Waals surface area contributed by atoms with Gasteiger partial charge in [0.15, 0.2) is 0 Å². The second kappa shape index (κ2) is 6.23. The highest BCUT2D eigenvalue weighted by Crippen LogP contribution is 2.38. The SMILES string of the molecule is CNCc1ccc(-c2cc(C(F)(F)F)cc(C(F)(F)F)c2)cc1. The molecule has 1 N–H and O–H groups in total. The van der Waals surface area contributed by atoms with Crippen LogP contribution >= 0.6 is 0 Å². The van der Waals surface area contributed by atoms with Crippen molar-refractivity contribution in [2.45, 2.75) is 18.9 Å². The van der Waals surface area contributed by atoms with E-state index in [-0.39, 0.29) is 11.6 Å². The number of alkyl halides is 6. The molecule has 23 heavy (non-hydrogen) atoms. The van der Waals surface area contributed by atoms with Gasteiger partial charge in [-0.1, -0.05) is 24.3 Å². The minimum atomic E-state index is -4.85. The monoisotopic (exact) mass is 333 g/mol. The zero-order chi connectivity index (χ0) is 17.3. The summed E-state index contributed by atoms with van der Waals surface area (Å²) in [5.74, 6) is 0. The average molecular weight is 333 g/mol. The Hall–Kier alpha value is -2.02. The molecule has 124 valence electrons. The number of rotatable bonds is 3. The summed E-state index contributed by atoms with van der Waals surface area (Å²) in [5, 5.41) is 2.90. The predicted octanol–water partition coefficient (Wildman–Crippen LogP) is 5.11. The van der Waals surface area contributed by atoms with E-state index in [1.54, 1.807) is 19.2 Å². The number of benzene rings is 2. The fourth-order valence-electron chi connectivity index (χ4n) is 2.14. The summed E-state index contributed by atoms with van der Waals surface area (Å²) in [6.07, 6.45) is -9.69. The minimum Gasteiger partial charge on any atom is -0.316 e. The second-order valence-electron chi connectivity index (χ2n) is 5.02. The highest BCUT2D eigenvalue weighted by molar-refractivity contribution is 5.66. The van der Waals surface area contributed by atoms with E-state index in [0.717, 1.165) is 17.7 Å². The molecule has 0 radical (unpaired) electrons. The van der Waals surface area contributed by atoms with Gasteiger partial charge in [-0.05, 0) is 41.9 Å². The van der Waals surface area contributed by atoms with E-state index in [4.69, 9.17) is 0 Å². The van der Waals surface area contributed by atoms with Crippen molar-refractivity contribution in [3.05, 3.63) is 59.2 Å². The lowest BCUT2D eigenvalue weighted by atomic mass is 9.98. The van der Waals surface area contributed by atoms with Crippen LogP contribution in [0.4, 0.5) is 26.3 Å². The highest BCUT2D eigenvalue weighted by atomic mass is 19.4. The second-order valence-corrected chi connectivity index (χ2v) is 5.02. The van der Waals surface area contributed by atoms with Crippen LogP contribution in [0.5, 0.6) is 0 Å². The number of hydrogen-bond donors (Lipinski definition) is 1. The van der Waals surface area contributed by atoms with Crippen molar-refractivity contribution >= 4 is 0 Å². The molecular weight excluding hydrogens is 320 g/mol. The Morgan fingerprint density at radius 2 is 1.22 bits per heavy atom. The third-order valence-electron chi connectivity index (χ3n) is 3.26. The summed E-state index contributed by atoms with van der Waals surface area (Å²) in [7, 11) is 1.73. The first kappa shape index (κ1) is 17.3. The van der Waals surface area contributed by atoms with Crippen molar-refractivity contribution in [1.82, 2.24) is 5.32 Å². The molecule has 2 aromatic rings. The molecule has 0 heterocycles. The summed E-state index contributed by atoms with van der Waals surface area (Å²) in [6.45, 7) is 0.552. The third-order valence-corrected chi connectivity index (χ3v) is 3.26. The molecule has 0 aliphatic rings. The lowest BCUT2D eigenvalue weighted by Crippen LogP contribution is -2.11. The Morgan fingerprint density at radius 3 is 1.61 bits per heavy atom. The number of nitrogens with one attached hydrogen (secondary N) is 1. The van der Waals surface area contributed by atoms with Crippen LogP contribution in [0.15, 0.2) is 42.5 Å². The molecule has 0 bridgehead atoms. The quantitative estimate of drug-likeness (QED) is 0.770. The minimum absolute atomic E-state index is 0.122. The van der Waals surface area contributed by atoms with Crippen molar-refractivity contribution in [3.8, 4) is 11.1 Å². The van der Waals surface area contributed by atoms with Gasteiger partial charge in [0, 0.05) is 6.54 Å². The van der Waals surface area contributed by atoms with Gasteiger partial charge in [0.25, 0.3) is 0 Å². The third kappa shape index (κ3) is 4.25. The van der Waals surface area contributed by atoms with Crippen LogP contribution in [-0.2, 0) is 18.9 Å². The maximum absolute atomic E-state index is 12.8. The summed E-state index contributed by atoms with van der Waals surface area (Å²) < 4.78 is 77.0. The Kier molecular flexibility index (Phi) is 4.70. The zero-order valence-electron chi connectivity index (χ0n) is 12.0. The molecule has 0 saturated heterocycles. The summed E-state index contributed by atoms with van der Waals surface area (Å²) in [4.78, 5) is 0. The van der Waals surface area contributed by atoms with Gasteiger partial charge in [0.1, 0.15) is 0 Å². The Morgan fingerprint density at radius 1 is 0.739 bits per heavy atom. The first-order valence-electron chi connectivity index (χ1n) is 6.64. The first-order chi connectivity index (χ1) is 10.6. The predicted molar refractivity (Wildman–Crippen MR) is 74.6 cm³/mol. The molecule has 0 spiro atoms. The van der Waals surface area contributed by atoms with Gasteiger partial charge in [-0.2, -0.15) is 26.3 Å². The van der Waals surface area contributed by atoms with Crippen molar-refractivity contribution in [2.24, 2.45) is 0 Å². The van der Waals surface area contributed by atoms with Crippen molar-refractivity contribution in [2.75, 3.05) is 7.05 Å². The van der Waals surface area contributed by atoms with E-state index in [2.05, 4.69) is 5.32 Å². The van der Waals surface area contributed by atoms with Crippen LogP contribution in [-0.4, -0.2) is 7.05 Å². The van der Waals surface area contributed by atoms with Crippen LogP contribution in [0.1, 0.15) is 16.7 Å². The van der Waals surface area contributed by atoms with Crippen molar-refractivity contribution < 1.29 is 26.3 Å². The molecule has 2 aromatic carbocycles. The number of hydrogen-bond acceptors (Lipinski definition) is 1. The zero-order valence-corrected chi connectivity index (χ0v) is 12.0. The topological polar surface area (TPSA) is 12.0 Å². The van der Waals surface area contributed by atoms with Crippen LogP contribution < -0.4 is 5.32 Å². The first-order valence-corrected chi connectivity index (χ1v) is 6.64. The molecule has 0 fully saturated rings. The van der Waals surface area contributed by atoms with Crippen LogP contribution in [0.25, 0.3) is 11.1 Å². The van der Waals surface area contributed by atoms with E-state index in [9.17, 15) is 26.3 Å². The van der Waals surface area contributed by atoms with Gasteiger partial charge in [-0.25, -0.2) is 0 Å². The van der Waals surface area contributed by atoms with Crippen LogP contribution in [0.3, 0.4) is 0 Å². The standard InChI is InChI=1S/C16H13F6N/c1-23-9-10-2-4-11(5-3-10)12-6-13(15(17,18)19)8-14(7-12)16(20,21)22/h2-8,23H,9H2,1H3. The number of halogens is 6. The molecule has 0 saturated carbocycles. The molecule has 7 heteroatoms. The van der Waals surface area contributed by atoms with Crippen LogP contribution in [0, 0.1) is 0 Å². The summed E-state index contributed by atoms with van der Waals surface area (Å²) in [6, 6.07) is 7.88. The Balaban J connectivity index is 2.52. The molecule has 0 aliphatic heterocycles. The van der Waals surface area contributed by atoms with Gasteiger partial charge in [-0.15, -0.1) is 0 Å². The molecular formula is C16H13F6N. The summed E-state index contributed by atoms with van der Waals surface area (Å²) >= 11 is 0. The van der Waals surface area contributed by atoms with Gasteiger partial charge < -0.3 is 5.32 Å². The lowest BCUT2D eigenvalue weighted by molar-refractivity contribution is -0.143. The average Bonchev–Trinajstić information content (AvgIpc) is 2.46. The van der Waals surface area contributed by atoms with E-state index in [1.165, 1.54) is 12.1 Å². The molecule has 0 aliphatic carbocycles. The molecule has 0 amide bonds. The molecule has 0 unspecified atom stereocenters. The smallest absolute Gasteiger partial charge is 0.316 e. The van der Waals surface area contributed by atoms with Crippen molar-refractivity contribution in [3.63, 3.8) is 0 Å².